The Hall–Kier alpha value is -1.38. The number of nitrogens with one attached hydrogen (secondary N) is 1. The van der Waals surface area contributed by atoms with Crippen LogP contribution in [0.3, 0.4) is 0 Å². The highest BCUT2D eigenvalue weighted by molar-refractivity contribution is 9.10. The van der Waals surface area contributed by atoms with Crippen LogP contribution in [0.2, 0.25) is 0 Å². The summed E-state index contributed by atoms with van der Waals surface area (Å²) >= 11 is 4.28. The van der Waals surface area contributed by atoms with E-state index in [9.17, 15) is 13.5 Å². The molecule has 0 amide bonds. The lowest BCUT2D eigenvalue weighted by Gasteiger charge is -2.00. The molecule has 1 aromatic carbocycles. The summed E-state index contributed by atoms with van der Waals surface area (Å²) in [6.07, 6.45) is 1.36. The number of thiophene rings is 1. The quantitative estimate of drug-likeness (QED) is 0.649. The molecule has 0 aliphatic heterocycles. The van der Waals surface area contributed by atoms with Gasteiger partial charge >= 0.3 is 0 Å². The van der Waals surface area contributed by atoms with E-state index in [1.807, 2.05) is 0 Å². The molecule has 0 atom stereocenters. The third kappa shape index (κ3) is 3.55. The number of phenols is 1. The largest absolute Gasteiger partial charge is 0.507 e. The van der Waals surface area contributed by atoms with Crippen LogP contribution < -0.4 is 4.83 Å². The second kappa shape index (κ2) is 5.72. The van der Waals surface area contributed by atoms with E-state index in [0.29, 0.717) is 10.0 Å². The Bertz CT molecular complexity index is 697. The third-order valence-electron chi connectivity index (χ3n) is 2.12. The summed E-state index contributed by atoms with van der Waals surface area (Å²) in [4.78, 5) is 2.12. The first kappa shape index (κ1) is 14.0. The van der Waals surface area contributed by atoms with Crippen molar-refractivity contribution in [3.05, 3.63) is 45.7 Å². The number of hydrazone groups is 1. The van der Waals surface area contributed by atoms with Crippen LogP contribution in [0.4, 0.5) is 0 Å². The SMILES string of the molecule is O=S(=O)(N/N=C/c1ccc(O)c(Br)c1)c1cccs1. The Labute approximate surface area is 122 Å². The van der Waals surface area contributed by atoms with Crippen molar-refractivity contribution in [2.75, 3.05) is 0 Å². The molecule has 0 unspecified atom stereocenters. The van der Waals surface area contributed by atoms with Gasteiger partial charge in [-0.15, -0.1) is 11.3 Å². The van der Waals surface area contributed by atoms with Crippen LogP contribution in [0.15, 0.2) is 49.5 Å². The highest BCUT2D eigenvalue weighted by Gasteiger charge is 2.12. The number of phenolic OH excluding ortho intramolecular Hbond substituents is 1. The van der Waals surface area contributed by atoms with Gasteiger partial charge in [0, 0.05) is 0 Å². The van der Waals surface area contributed by atoms with Crippen LogP contribution in [0.25, 0.3) is 0 Å². The van der Waals surface area contributed by atoms with Gasteiger partial charge in [-0.2, -0.15) is 18.4 Å². The Balaban J connectivity index is 2.10. The first-order valence-corrected chi connectivity index (χ1v) is 8.21. The maximum absolute atomic E-state index is 11.7. The average molecular weight is 361 g/mol. The fourth-order valence-corrected chi connectivity index (χ4v) is 3.40. The Morgan fingerprint density at radius 1 is 1.37 bits per heavy atom. The first-order chi connectivity index (χ1) is 8.99. The van der Waals surface area contributed by atoms with Crippen molar-refractivity contribution in [2.45, 2.75) is 4.21 Å². The molecule has 5 nitrogen and oxygen atoms in total. The lowest BCUT2D eigenvalue weighted by atomic mass is 10.2. The minimum Gasteiger partial charge on any atom is -0.507 e. The summed E-state index contributed by atoms with van der Waals surface area (Å²) in [7, 11) is -3.60. The lowest BCUT2D eigenvalue weighted by molar-refractivity contribution is 0.472. The normalized spacial score (nSPS) is 11.8. The molecule has 0 spiro atoms. The number of hydrogen-bond donors (Lipinski definition) is 2. The molecule has 0 aliphatic rings. The van der Waals surface area contributed by atoms with Gasteiger partial charge < -0.3 is 5.11 Å². The standard InChI is InChI=1S/C11H9BrN2O3S2/c12-9-6-8(3-4-10(9)15)7-13-14-19(16,17)11-2-1-5-18-11/h1-7,14-15H/b13-7+. The maximum atomic E-state index is 11.7. The van der Waals surface area contributed by atoms with E-state index in [1.54, 1.807) is 23.6 Å². The molecule has 1 heterocycles. The predicted molar refractivity (Wildman–Crippen MR) is 78.0 cm³/mol. The van der Waals surface area contributed by atoms with Crippen LogP contribution in [-0.2, 0) is 10.0 Å². The van der Waals surface area contributed by atoms with Crippen LogP contribution in [0, 0.1) is 0 Å². The zero-order chi connectivity index (χ0) is 13.9. The van der Waals surface area contributed by atoms with Crippen molar-refractivity contribution >= 4 is 43.5 Å². The number of halogens is 1. The molecule has 100 valence electrons. The van der Waals surface area contributed by atoms with Crippen LogP contribution in [-0.4, -0.2) is 19.7 Å². The third-order valence-corrected chi connectivity index (χ3v) is 5.37. The monoisotopic (exact) mass is 360 g/mol. The molecule has 2 rings (SSSR count). The summed E-state index contributed by atoms with van der Waals surface area (Å²) in [6.45, 7) is 0. The van der Waals surface area contributed by atoms with Gasteiger partial charge in [0.05, 0.1) is 10.7 Å². The van der Waals surface area contributed by atoms with Gasteiger partial charge in [0.1, 0.15) is 9.96 Å². The second-order valence-electron chi connectivity index (χ2n) is 3.50. The van der Waals surface area contributed by atoms with E-state index >= 15 is 0 Å². The first-order valence-electron chi connectivity index (χ1n) is 5.06. The maximum Gasteiger partial charge on any atom is 0.286 e. The molecule has 2 N–H and O–H groups in total. The minimum atomic E-state index is -3.60. The second-order valence-corrected chi connectivity index (χ2v) is 7.19. The Kier molecular flexibility index (Phi) is 4.23. The van der Waals surface area contributed by atoms with E-state index in [0.717, 1.165) is 11.3 Å². The number of sulfonamides is 1. The van der Waals surface area contributed by atoms with Crippen molar-refractivity contribution in [3.63, 3.8) is 0 Å². The molecule has 0 aliphatic carbocycles. The van der Waals surface area contributed by atoms with Gasteiger partial charge in [-0.25, -0.2) is 0 Å². The Morgan fingerprint density at radius 2 is 2.16 bits per heavy atom. The number of benzene rings is 1. The Morgan fingerprint density at radius 3 is 2.79 bits per heavy atom. The molecule has 1 aromatic heterocycles. The van der Waals surface area contributed by atoms with Gasteiger partial charge in [-0.05, 0) is 51.1 Å². The van der Waals surface area contributed by atoms with Crippen LogP contribution in [0.1, 0.15) is 5.56 Å². The molecule has 0 bridgehead atoms. The predicted octanol–water partition coefficient (Wildman–Crippen LogP) is 2.53. The van der Waals surface area contributed by atoms with Crippen molar-refractivity contribution in [2.24, 2.45) is 5.10 Å². The number of nitrogens with zero attached hydrogens (tertiary/aromatic N) is 1. The molecule has 0 radical (unpaired) electrons. The summed E-state index contributed by atoms with van der Waals surface area (Å²) in [5, 5.41) is 14.7. The minimum absolute atomic E-state index is 0.108. The number of rotatable bonds is 4. The van der Waals surface area contributed by atoms with Gasteiger partial charge in [-0.3, -0.25) is 0 Å². The van der Waals surface area contributed by atoms with Crippen LogP contribution >= 0.6 is 27.3 Å². The van der Waals surface area contributed by atoms with Crippen molar-refractivity contribution in [3.8, 4) is 5.75 Å². The lowest BCUT2D eigenvalue weighted by Crippen LogP contribution is -2.17. The van der Waals surface area contributed by atoms with E-state index in [2.05, 4.69) is 25.9 Å². The molecular formula is C11H9BrN2O3S2. The van der Waals surface area contributed by atoms with Gasteiger partial charge in [0.25, 0.3) is 10.0 Å². The fraction of sp³-hybridized carbons (Fsp3) is 0. The molecule has 19 heavy (non-hydrogen) atoms. The average Bonchev–Trinajstić information content (AvgIpc) is 2.88. The van der Waals surface area contributed by atoms with Crippen molar-refractivity contribution < 1.29 is 13.5 Å². The molecule has 0 saturated heterocycles. The number of hydrogen-bond acceptors (Lipinski definition) is 5. The highest BCUT2D eigenvalue weighted by atomic mass is 79.9. The highest BCUT2D eigenvalue weighted by Crippen LogP contribution is 2.23. The van der Waals surface area contributed by atoms with E-state index < -0.39 is 10.0 Å². The van der Waals surface area contributed by atoms with Crippen molar-refractivity contribution in [1.82, 2.24) is 4.83 Å². The molecule has 0 saturated carbocycles. The smallest absolute Gasteiger partial charge is 0.286 e. The van der Waals surface area contributed by atoms with Gasteiger partial charge in [0.2, 0.25) is 0 Å². The summed E-state index contributed by atoms with van der Waals surface area (Å²) in [5.41, 5.74) is 0.651. The topological polar surface area (TPSA) is 78.8 Å². The van der Waals surface area contributed by atoms with Crippen molar-refractivity contribution in [1.29, 1.82) is 0 Å². The fourth-order valence-electron chi connectivity index (χ4n) is 1.24. The summed E-state index contributed by atoms with van der Waals surface area (Å²) in [5.74, 6) is 0.108. The van der Waals surface area contributed by atoms with E-state index in [-0.39, 0.29) is 9.96 Å². The molecule has 0 fully saturated rings. The van der Waals surface area contributed by atoms with Gasteiger partial charge in [0.15, 0.2) is 0 Å². The zero-order valence-electron chi connectivity index (χ0n) is 9.45. The number of aromatic hydroxyl groups is 1. The summed E-state index contributed by atoms with van der Waals surface area (Å²) in [6, 6.07) is 7.88. The van der Waals surface area contributed by atoms with Crippen LogP contribution in [0.5, 0.6) is 5.75 Å². The zero-order valence-corrected chi connectivity index (χ0v) is 12.7. The summed E-state index contributed by atoms with van der Waals surface area (Å²) < 4.78 is 24.2. The van der Waals surface area contributed by atoms with E-state index in [1.165, 1.54) is 18.3 Å². The molecule has 8 heteroatoms. The molecular weight excluding hydrogens is 352 g/mol. The van der Waals surface area contributed by atoms with Gasteiger partial charge in [-0.1, -0.05) is 6.07 Å². The molecule has 2 aromatic rings. The van der Waals surface area contributed by atoms with E-state index in [4.69, 9.17) is 0 Å².